The molecule has 4 N–H and O–H groups in total. The monoisotopic (exact) mass is 379 g/mol. The number of sulfonamides is 1. The summed E-state index contributed by atoms with van der Waals surface area (Å²) in [5, 5.41) is 18.8. The zero-order valence-corrected chi connectivity index (χ0v) is 14.1. The minimum atomic E-state index is -4.14. The van der Waals surface area contributed by atoms with E-state index in [0.29, 0.717) is 23.3 Å². The molecule has 0 aliphatic carbocycles. The molecule has 0 amide bonds. The molecule has 2 aromatic carbocycles. The molecule has 0 spiro atoms. The van der Waals surface area contributed by atoms with E-state index < -0.39 is 14.9 Å². The van der Waals surface area contributed by atoms with Crippen LogP contribution >= 0.6 is 0 Å². The van der Waals surface area contributed by atoms with Crippen LogP contribution in [-0.2, 0) is 16.4 Å². The van der Waals surface area contributed by atoms with E-state index in [1.165, 1.54) is 24.3 Å². The van der Waals surface area contributed by atoms with Crippen molar-refractivity contribution in [1.82, 2.24) is 9.97 Å². The Morgan fingerprint density at radius 2 is 2.04 bits per heavy atom. The Labute approximate surface area is 147 Å². The van der Waals surface area contributed by atoms with Gasteiger partial charge in [0.2, 0.25) is 10.0 Å². The largest absolute Gasteiger partial charge is 0.383 e. The van der Waals surface area contributed by atoms with Crippen molar-refractivity contribution in [3.8, 4) is 0 Å². The molecule has 0 fully saturated rings. The van der Waals surface area contributed by atoms with Crippen LogP contribution in [0.2, 0.25) is 0 Å². The molecule has 1 aromatic heterocycles. The fourth-order valence-corrected chi connectivity index (χ4v) is 3.21. The lowest BCUT2D eigenvalue weighted by Crippen LogP contribution is -2.16. The number of rotatable bonds is 6. The highest BCUT2D eigenvalue weighted by atomic mass is 32.2. The Morgan fingerprint density at radius 1 is 1.27 bits per heavy atom. The number of aromatic amines is 1. The molecule has 1 heterocycles. The zero-order chi connectivity index (χ0) is 18.9. The first kappa shape index (κ1) is 17.8. The lowest BCUT2D eigenvalue weighted by atomic mass is 10.2. The summed E-state index contributed by atoms with van der Waals surface area (Å²) in [6, 6.07) is 7.55. The summed E-state index contributed by atoms with van der Waals surface area (Å²) in [6.45, 7) is 0.280. The van der Waals surface area contributed by atoms with Gasteiger partial charge in [0.25, 0.3) is 5.69 Å². The number of nitro groups is 1. The molecule has 0 bridgehead atoms. The molecular weight excluding hydrogens is 365 g/mol. The Bertz CT molecular complexity index is 1100. The van der Waals surface area contributed by atoms with Crippen LogP contribution in [0.4, 0.5) is 15.8 Å². The molecule has 0 atom stereocenters. The van der Waals surface area contributed by atoms with Crippen molar-refractivity contribution < 1.29 is 17.7 Å². The number of imidazole rings is 1. The molecule has 0 saturated heterocycles. The first-order valence-corrected chi connectivity index (χ1v) is 8.98. The number of nitrogens with zero attached hydrogens (tertiary/aromatic N) is 2. The van der Waals surface area contributed by atoms with E-state index in [2.05, 4.69) is 15.3 Å². The Kier molecular flexibility index (Phi) is 4.57. The van der Waals surface area contributed by atoms with Gasteiger partial charge in [-0.2, -0.15) is 0 Å². The number of anilines is 1. The van der Waals surface area contributed by atoms with Crippen LogP contribution in [0, 0.1) is 15.9 Å². The first-order valence-electron chi connectivity index (χ1n) is 7.43. The maximum Gasteiger partial charge on any atom is 0.270 e. The topological polar surface area (TPSA) is 144 Å². The number of benzene rings is 2. The molecule has 0 aliphatic rings. The minimum Gasteiger partial charge on any atom is -0.383 e. The lowest BCUT2D eigenvalue weighted by Gasteiger charge is -2.10. The number of primary sulfonamides is 1. The highest BCUT2D eigenvalue weighted by molar-refractivity contribution is 7.89. The molecule has 11 heteroatoms. The van der Waals surface area contributed by atoms with Crippen LogP contribution in [0.3, 0.4) is 0 Å². The van der Waals surface area contributed by atoms with Gasteiger partial charge in [0, 0.05) is 25.1 Å². The number of nitro benzene ring substituents is 1. The van der Waals surface area contributed by atoms with E-state index in [0.717, 1.165) is 6.07 Å². The quantitative estimate of drug-likeness (QED) is 0.441. The minimum absolute atomic E-state index is 0.153. The Balaban J connectivity index is 1.77. The number of fused-ring (bicyclic) bond motifs is 1. The standard InChI is InChI=1S/C15H14FN5O4S/c16-9-1-3-11-13(7-9)20-15(19-11)5-6-18-12-4-2-10(21(22)23)8-14(12)26(17,24)25/h1-4,7-8,18H,5-6H2,(H,19,20)(H2,17,24,25). The van der Waals surface area contributed by atoms with Gasteiger partial charge in [0.1, 0.15) is 16.5 Å². The number of halogens is 1. The number of hydrogen-bond acceptors (Lipinski definition) is 6. The molecule has 136 valence electrons. The fourth-order valence-electron chi connectivity index (χ4n) is 2.47. The lowest BCUT2D eigenvalue weighted by molar-refractivity contribution is -0.385. The summed E-state index contributed by atoms with van der Waals surface area (Å²) in [7, 11) is -4.14. The summed E-state index contributed by atoms with van der Waals surface area (Å²) in [4.78, 5) is 17.0. The number of non-ortho nitro benzene ring substituents is 1. The van der Waals surface area contributed by atoms with Crippen LogP contribution in [0.15, 0.2) is 41.3 Å². The van der Waals surface area contributed by atoms with Crippen LogP contribution in [-0.4, -0.2) is 29.9 Å². The van der Waals surface area contributed by atoms with Gasteiger partial charge in [0.15, 0.2) is 0 Å². The third kappa shape index (κ3) is 3.78. The average Bonchev–Trinajstić information content (AvgIpc) is 2.95. The molecule has 26 heavy (non-hydrogen) atoms. The summed E-state index contributed by atoms with van der Waals surface area (Å²) < 4.78 is 36.5. The number of hydrogen-bond donors (Lipinski definition) is 3. The van der Waals surface area contributed by atoms with Crippen molar-refractivity contribution >= 4 is 32.4 Å². The second-order valence-electron chi connectivity index (χ2n) is 5.50. The van der Waals surface area contributed by atoms with Gasteiger partial charge in [0.05, 0.1) is 21.6 Å². The highest BCUT2D eigenvalue weighted by Crippen LogP contribution is 2.25. The summed E-state index contributed by atoms with van der Waals surface area (Å²) in [5.74, 6) is 0.201. The molecule has 3 rings (SSSR count). The van der Waals surface area contributed by atoms with Gasteiger partial charge in [-0.15, -0.1) is 0 Å². The van der Waals surface area contributed by atoms with Crippen molar-refractivity contribution in [3.63, 3.8) is 0 Å². The second-order valence-corrected chi connectivity index (χ2v) is 7.03. The van der Waals surface area contributed by atoms with Gasteiger partial charge >= 0.3 is 0 Å². The maximum absolute atomic E-state index is 13.2. The van der Waals surface area contributed by atoms with Crippen molar-refractivity contribution in [3.05, 3.63) is 58.2 Å². The third-order valence-electron chi connectivity index (χ3n) is 3.65. The smallest absolute Gasteiger partial charge is 0.270 e. The molecule has 0 saturated carbocycles. The van der Waals surface area contributed by atoms with E-state index >= 15 is 0 Å². The van der Waals surface area contributed by atoms with Gasteiger partial charge in [-0.1, -0.05) is 0 Å². The van der Waals surface area contributed by atoms with Gasteiger partial charge in [-0.3, -0.25) is 10.1 Å². The molecule has 3 aromatic rings. The fraction of sp³-hybridized carbons (Fsp3) is 0.133. The van der Waals surface area contributed by atoms with Crippen molar-refractivity contribution in [2.75, 3.05) is 11.9 Å². The second kappa shape index (κ2) is 6.69. The number of H-pyrrole nitrogens is 1. The number of nitrogens with two attached hydrogens (primary N) is 1. The highest BCUT2D eigenvalue weighted by Gasteiger charge is 2.19. The number of nitrogens with one attached hydrogen (secondary N) is 2. The van der Waals surface area contributed by atoms with Crippen LogP contribution in [0.25, 0.3) is 11.0 Å². The van der Waals surface area contributed by atoms with E-state index in [-0.39, 0.29) is 28.6 Å². The van der Waals surface area contributed by atoms with Gasteiger partial charge in [-0.05, 0) is 24.3 Å². The van der Waals surface area contributed by atoms with Crippen LogP contribution in [0.5, 0.6) is 0 Å². The predicted molar refractivity (Wildman–Crippen MR) is 92.7 cm³/mol. The molecule has 0 unspecified atom stereocenters. The average molecular weight is 379 g/mol. The molecule has 0 radical (unpaired) electrons. The Hall–Kier alpha value is -3.05. The van der Waals surface area contributed by atoms with Gasteiger partial charge < -0.3 is 10.3 Å². The van der Waals surface area contributed by atoms with Crippen molar-refractivity contribution in [1.29, 1.82) is 0 Å². The van der Waals surface area contributed by atoms with E-state index in [1.54, 1.807) is 6.07 Å². The van der Waals surface area contributed by atoms with E-state index in [1.807, 2.05) is 0 Å². The summed E-state index contributed by atoms with van der Waals surface area (Å²) in [5.41, 5.74) is 0.946. The van der Waals surface area contributed by atoms with E-state index in [9.17, 15) is 22.9 Å². The summed E-state index contributed by atoms with van der Waals surface area (Å²) in [6.07, 6.45) is 0.386. The predicted octanol–water partition coefficient (Wildman–Crippen LogP) is 1.91. The molecule has 9 nitrogen and oxygen atoms in total. The molecular formula is C15H14FN5O4S. The summed E-state index contributed by atoms with van der Waals surface area (Å²) >= 11 is 0. The maximum atomic E-state index is 13.2. The van der Waals surface area contributed by atoms with Crippen LogP contribution < -0.4 is 10.5 Å². The van der Waals surface area contributed by atoms with Crippen molar-refractivity contribution in [2.24, 2.45) is 5.14 Å². The normalized spacial score (nSPS) is 11.6. The Morgan fingerprint density at radius 3 is 2.73 bits per heavy atom. The first-order chi connectivity index (χ1) is 12.2. The zero-order valence-electron chi connectivity index (χ0n) is 13.3. The SMILES string of the molecule is NS(=O)(=O)c1cc([N+](=O)[O-])ccc1NCCc1nc2ccc(F)cc2[nH]1. The van der Waals surface area contributed by atoms with Crippen LogP contribution in [0.1, 0.15) is 5.82 Å². The molecule has 0 aliphatic heterocycles. The third-order valence-corrected chi connectivity index (χ3v) is 4.60. The van der Waals surface area contributed by atoms with E-state index in [4.69, 9.17) is 5.14 Å². The number of aromatic nitrogens is 2. The van der Waals surface area contributed by atoms with Crippen molar-refractivity contribution in [2.45, 2.75) is 11.3 Å². The van der Waals surface area contributed by atoms with Gasteiger partial charge in [-0.25, -0.2) is 22.9 Å².